The molecule has 3 heterocycles. The summed E-state index contributed by atoms with van der Waals surface area (Å²) in [6, 6.07) is 2.10. The average Bonchev–Trinajstić information content (AvgIpc) is 3.40. The Bertz CT molecular complexity index is 1130. The number of amides is 1. The summed E-state index contributed by atoms with van der Waals surface area (Å²) in [4.78, 5) is 15.9. The molecule has 5 rings (SSSR count). The van der Waals surface area contributed by atoms with E-state index < -0.39 is 30.1 Å². The number of hydrogen-bond donors (Lipinski definition) is 3. The summed E-state index contributed by atoms with van der Waals surface area (Å²) in [6.07, 6.45) is -5.00. The number of nitrogens with zero attached hydrogens (tertiary/aromatic N) is 4. The van der Waals surface area contributed by atoms with E-state index in [4.69, 9.17) is 11.6 Å². The molecule has 0 bridgehead atoms. The maximum absolute atomic E-state index is 13.8. The molecule has 3 unspecified atom stereocenters. The highest BCUT2D eigenvalue weighted by atomic mass is 35.5. The zero-order chi connectivity index (χ0) is 24.5. The van der Waals surface area contributed by atoms with E-state index in [1.54, 1.807) is 11.8 Å². The summed E-state index contributed by atoms with van der Waals surface area (Å²) in [5.74, 6) is -0.0902. The van der Waals surface area contributed by atoms with Gasteiger partial charge in [-0.15, -0.1) is 0 Å². The van der Waals surface area contributed by atoms with Crippen molar-refractivity contribution in [1.82, 2.24) is 19.4 Å². The first-order valence-electron chi connectivity index (χ1n) is 11.3. The molecule has 12 heteroatoms. The predicted octanol–water partition coefficient (Wildman–Crippen LogP) is 2.01. The Morgan fingerprint density at radius 3 is 2.59 bits per heavy atom. The Labute approximate surface area is 198 Å². The number of carbonyl (C=O) groups excluding carboxylic acids is 1. The van der Waals surface area contributed by atoms with E-state index in [2.05, 4.69) is 5.10 Å². The van der Waals surface area contributed by atoms with Crippen LogP contribution in [0.3, 0.4) is 0 Å². The number of halogens is 4. The number of aromatic nitrogens is 2. The van der Waals surface area contributed by atoms with Gasteiger partial charge in [0.05, 0.1) is 29.2 Å². The largest absolute Gasteiger partial charge is 0.433 e. The van der Waals surface area contributed by atoms with E-state index in [-0.39, 0.29) is 65.9 Å². The third kappa shape index (κ3) is 3.87. The maximum atomic E-state index is 13.8. The van der Waals surface area contributed by atoms with Crippen LogP contribution in [0.5, 0.6) is 0 Å². The van der Waals surface area contributed by atoms with Crippen molar-refractivity contribution in [1.29, 1.82) is 0 Å². The second kappa shape index (κ2) is 8.34. The van der Waals surface area contributed by atoms with Crippen molar-refractivity contribution in [2.75, 3.05) is 26.2 Å². The van der Waals surface area contributed by atoms with Gasteiger partial charge in [0.15, 0.2) is 6.23 Å². The summed E-state index contributed by atoms with van der Waals surface area (Å²) >= 11 is 6.39. The number of fused-ring (bicyclic) bond motifs is 2. The van der Waals surface area contributed by atoms with Gasteiger partial charge in [0, 0.05) is 25.6 Å². The molecule has 8 nitrogen and oxygen atoms in total. The van der Waals surface area contributed by atoms with Gasteiger partial charge in [0.25, 0.3) is 0 Å². The van der Waals surface area contributed by atoms with Crippen molar-refractivity contribution in [3.05, 3.63) is 34.1 Å². The lowest BCUT2D eigenvalue weighted by atomic mass is 10.0. The van der Waals surface area contributed by atoms with Gasteiger partial charge in [-0.05, 0) is 42.4 Å². The molecular formula is C22H26ClF3N4O4. The van der Waals surface area contributed by atoms with E-state index in [1.165, 1.54) is 11.0 Å². The predicted molar refractivity (Wildman–Crippen MR) is 115 cm³/mol. The van der Waals surface area contributed by atoms with Crippen molar-refractivity contribution >= 4 is 23.0 Å². The molecule has 1 saturated heterocycles. The molecule has 2 aromatic heterocycles. The Morgan fingerprint density at radius 2 is 2.00 bits per heavy atom. The maximum Gasteiger partial charge on any atom is 0.433 e. The second-order valence-electron chi connectivity index (χ2n) is 9.64. The summed E-state index contributed by atoms with van der Waals surface area (Å²) in [5, 5.41) is 34.6. The molecule has 3 N–H and O–H groups in total. The van der Waals surface area contributed by atoms with E-state index in [0.29, 0.717) is 10.4 Å². The highest BCUT2D eigenvalue weighted by Crippen LogP contribution is 2.53. The summed E-state index contributed by atoms with van der Waals surface area (Å²) in [6.45, 7) is 1.62. The second-order valence-corrected chi connectivity index (χ2v) is 10.0. The standard InChI is InChI=1S/C22H26ClF3N4O4/c1-10(9-31)11-5-14-18(23)19(27-30(14)16(7-11)22(24,25)26)21(34)28-2-3-29(17(32)8-28)15-6-12-4-13(12)20(15)33/h5,7,10,12-13,15,20-21,31,33-34H,2-4,6,8-9H2,1H3/t10?,12?,13-,15-,20-,21?/m0/s1. The molecule has 34 heavy (non-hydrogen) atoms. The third-order valence-corrected chi connectivity index (χ3v) is 7.87. The Kier molecular flexibility index (Phi) is 5.84. The van der Waals surface area contributed by atoms with Crippen molar-refractivity contribution in [2.24, 2.45) is 11.8 Å². The minimum Gasteiger partial charge on any atom is -0.396 e. The van der Waals surface area contributed by atoms with Gasteiger partial charge < -0.3 is 20.2 Å². The van der Waals surface area contributed by atoms with Crippen LogP contribution in [-0.2, 0) is 11.0 Å². The molecule has 3 fully saturated rings. The van der Waals surface area contributed by atoms with Crippen LogP contribution in [0.2, 0.25) is 5.02 Å². The lowest BCUT2D eigenvalue weighted by Gasteiger charge is -2.40. The van der Waals surface area contributed by atoms with Crippen LogP contribution < -0.4 is 0 Å². The van der Waals surface area contributed by atoms with Gasteiger partial charge in [-0.25, -0.2) is 4.52 Å². The van der Waals surface area contributed by atoms with Crippen molar-refractivity contribution in [2.45, 2.75) is 50.2 Å². The first kappa shape index (κ1) is 23.8. The zero-order valence-corrected chi connectivity index (χ0v) is 19.2. The summed E-state index contributed by atoms with van der Waals surface area (Å²) in [5.41, 5.74) is -1.05. The molecule has 1 amide bonds. The summed E-state index contributed by atoms with van der Waals surface area (Å²) in [7, 11) is 0. The Balaban J connectivity index is 1.42. The van der Waals surface area contributed by atoms with Gasteiger partial charge in [0.1, 0.15) is 11.4 Å². The molecule has 3 aliphatic rings. The number of hydrogen-bond acceptors (Lipinski definition) is 6. The third-order valence-electron chi connectivity index (χ3n) is 7.49. The fourth-order valence-corrected chi connectivity index (χ4v) is 5.63. The number of rotatable bonds is 5. The molecule has 0 radical (unpaired) electrons. The van der Waals surface area contributed by atoms with E-state index in [1.807, 2.05) is 0 Å². The van der Waals surface area contributed by atoms with Crippen molar-refractivity contribution < 1.29 is 33.3 Å². The minimum absolute atomic E-state index is 0.0425. The number of piperazine rings is 1. The van der Waals surface area contributed by atoms with Crippen LogP contribution in [-0.4, -0.2) is 79.0 Å². The van der Waals surface area contributed by atoms with Crippen LogP contribution in [0.25, 0.3) is 5.52 Å². The number of pyridine rings is 1. The molecule has 2 saturated carbocycles. The molecule has 0 spiro atoms. The number of aliphatic hydroxyl groups is 3. The van der Waals surface area contributed by atoms with Crippen molar-refractivity contribution in [3.8, 4) is 0 Å². The molecule has 6 atom stereocenters. The Hall–Kier alpha value is -1.92. The number of alkyl halides is 3. The molecule has 2 aromatic rings. The number of aliphatic hydroxyl groups excluding tert-OH is 3. The van der Waals surface area contributed by atoms with Gasteiger partial charge >= 0.3 is 6.18 Å². The molecular weight excluding hydrogens is 477 g/mol. The van der Waals surface area contributed by atoms with Crippen LogP contribution >= 0.6 is 11.6 Å². The molecule has 2 aliphatic carbocycles. The SMILES string of the molecule is CC(CO)c1cc(C(F)(F)F)n2nc(C(O)N3CCN([C@H]4CC5C[C@@H]5[C@@H]4O)C(=O)C3)c(Cl)c2c1. The van der Waals surface area contributed by atoms with Crippen LogP contribution in [0.1, 0.15) is 48.9 Å². The van der Waals surface area contributed by atoms with Gasteiger partial charge in [0.2, 0.25) is 5.91 Å². The van der Waals surface area contributed by atoms with E-state index in [0.717, 1.165) is 18.9 Å². The smallest absolute Gasteiger partial charge is 0.396 e. The first-order valence-corrected chi connectivity index (χ1v) is 11.7. The summed E-state index contributed by atoms with van der Waals surface area (Å²) < 4.78 is 41.9. The van der Waals surface area contributed by atoms with Gasteiger partial charge in [-0.1, -0.05) is 18.5 Å². The lowest BCUT2D eigenvalue weighted by Crippen LogP contribution is -2.56. The van der Waals surface area contributed by atoms with Crippen LogP contribution in [0, 0.1) is 11.8 Å². The highest BCUT2D eigenvalue weighted by Gasteiger charge is 2.55. The Morgan fingerprint density at radius 1 is 1.26 bits per heavy atom. The molecule has 1 aliphatic heterocycles. The van der Waals surface area contributed by atoms with E-state index >= 15 is 0 Å². The fourth-order valence-electron chi connectivity index (χ4n) is 5.36. The van der Waals surface area contributed by atoms with Gasteiger partial charge in [-0.2, -0.15) is 18.3 Å². The monoisotopic (exact) mass is 502 g/mol. The van der Waals surface area contributed by atoms with Crippen molar-refractivity contribution in [3.63, 3.8) is 0 Å². The normalized spacial score (nSPS) is 29.5. The van der Waals surface area contributed by atoms with Gasteiger partial charge in [-0.3, -0.25) is 9.69 Å². The fraction of sp³-hybridized carbons (Fsp3) is 0.636. The number of carbonyl (C=O) groups is 1. The van der Waals surface area contributed by atoms with Crippen LogP contribution in [0.15, 0.2) is 12.1 Å². The first-order chi connectivity index (χ1) is 16.0. The highest BCUT2D eigenvalue weighted by molar-refractivity contribution is 6.34. The average molecular weight is 503 g/mol. The lowest BCUT2D eigenvalue weighted by molar-refractivity contribution is -0.147. The van der Waals surface area contributed by atoms with E-state index in [9.17, 15) is 33.3 Å². The van der Waals surface area contributed by atoms with Crippen LogP contribution in [0.4, 0.5) is 13.2 Å². The minimum atomic E-state index is -4.74. The zero-order valence-electron chi connectivity index (χ0n) is 18.4. The molecule has 0 aromatic carbocycles. The molecule has 186 valence electrons. The topological polar surface area (TPSA) is 102 Å². The quantitative estimate of drug-likeness (QED) is 0.578.